The van der Waals surface area contributed by atoms with Gasteiger partial charge in [-0.3, -0.25) is 9.59 Å². The largest absolute Gasteiger partial charge is 0.481 e. The summed E-state index contributed by atoms with van der Waals surface area (Å²) in [6, 6.07) is 0. The van der Waals surface area contributed by atoms with Crippen molar-refractivity contribution < 1.29 is 35.1 Å². The van der Waals surface area contributed by atoms with Gasteiger partial charge in [0.15, 0.2) is 0 Å². The van der Waals surface area contributed by atoms with Crippen molar-refractivity contribution in [2.24, 2.45) is 11.3 Å². The number of aliphatic carboxylic acids is 2. The number of thiol groups is 2. The molecule has 2 unspecified atom stereocenters. The van der Waals surface area contributed by atoms with Crippen LogP contribution in [0.4, 0.5) is 0 Å². The number of rotatable bonds is 12. The molecule has 22 heavy (non-hydrogen) atoms. The molecule has 0 amide bonds. The number of carbonyl (C=O) groups is 2. The molecule has 0 aliphatic carbocycles. The maximum Gasteiger partial charge on any atom is 0.304 e. The van der Waals surface area contributed by atoms with E-state index in [2.05, 4.69) is 25.3 Å². The summed E-state index contributed by atoms with van der Waals surface area (Å²) in [6.45, 7) is -1.28. The minimum Gasteiger partial charge on any atom is -0.481 e. The van der Waals surface area contributed by atoms with E-state index in [9.17, 15) is 24.9 Å². The lowest BCUT2D eigenvalue weighted by Gasteiger charge is -2.41. The molecular weight excluding hydrogens is 332 g/mol. The predicted octanol–water partition coefficient (Wildman–Crippen LogP) is -0.108. The van der Waals surface area contributed by atoms with Gasteiger partial charge in [-0.25, -0.2) is 0 Å². The number of aliphatic hydroxyl groups is 3. The van der Waals surface area contributed by atoms with Gasteiger partial charge in [0.2, 0.25) is 0 Å². The van der Waals surface area contributed by atoms with Crippen LogP contribution in [-0.4, -0.2) is 67.8 Å². The van der Waals surface area contributed by atoms with Crippen LogP contribution < -0.4 is 0 Å². The van der Waals surface area contributed by atoms with Crippen molar-refractivity contribution in [1.82, 2.24) is 0 Å². The molecule has 0 aliphatic rings. The topological polar surface area (TPSA) is 135 Å². The lowest BCUT2D eigenvalue weighted by molar-refractivity contribution is -0.137. The number of carboxylic acids is 2. The highest BCUT2D eigenvalue weighted by atomic mass is 32.1. The van der Waals surface area contributed by atoms with Crippen molar-refractivity contribution in [3.05, 3.63) is 0 Å². The van der Waals surface area contributed by atoms with E-state index in [0.29, 0.717) is 0 Å². The van der Waals surface area contributed by atoms with Crippen LogP contribution in [0.2, 0.25) is 0 Å². The molecule has 0 rings (SSSR count). The summed E-state index contributed by atoms with van der Waals surface area (Å²) in [5.41, 5.74) is -1.05. The van der Waals surface area contributed by atoms with Crippen molar-refractivity contribution in [2.75, 3.05) is 19.8 Å². The van der Waals surface area contributed by atoms with E-state index in [-0.39, 0.29) is 25.7 Å². The molecule has 0 spiro atoms. The summed E-state index contributed by atoms with van der Waals surface area (Å²) < 4.78 is 0. The van der Waals surface area contributed by atoms with Gasteiger partial charge in [-0.15, -0.1) is 0 Å². The minimum atomic E-state index is -1.05. The molecule has 2 atom stereocenters. The molecule has 0 fully saturated rings. The second kappa shape index (κ2) is 10.3. The molecule has 0 aromatic carbocycles. The molecule has 0 saturated carbocycles. The number of carboxylic acid groups (broad SMARTS) is 2. The third-order valence-corrected chi connectivity index (χ3v) is 4.46. The van der Waals surface area contributed by atoms with E-state index in [0.717, 1.165) is 0 Å². The average Bonchev–Trinajstić information content (AvgIpc) is 2.37. The first-order chi connectivity index (χ1) is 10.2. The first-order valence-electron chi connectivity index (χ1n) is 6.83. The maximum atomic E-state index is 10.8. The summed E-state index contributed by atoms with van der Waals surface area (Å²) in [6.07, 6.45) is -0.266. The first kappa shape index (κ1) is 21.5. The molecule has 0 aromatic rings. The Labute approximate surface area is 140 Å². The highest BCUT2D eigenvalue weighted by Crippen LogP contribution is 2.40. The van der Waals surface area contributed by atoms with E-state index < -0.39 is 53.6 Å². The third-order valence-electron chi connectivity index (χ3n) is 3.73. The summed E-state index contributed by atoms with van der Waals surface area (Å²) in [7, 11) is 0. The SMILES string of the molecule is O=C(O)CC(S)CC(CO)(CC(S)CC(=O)O)C(CO)CO. The van der Waals surface area contributed by atoms with Crippen LogP contribution >= 0.6 is 25.3 Å². The smallest absolute Gasteiger partial charge is 0.304 e. The fourth-order valence-electron chi connectivity index (χ4n) is 2.61. The highest BCUT2D eigenvalue weighted by molar-refractivity contribution is 7.81. The fourth-order valence-corrected chi connectivity index (χ4v) is 3.65. The number of hydrogen-bond acceptors (Lipinski definition) is 7. The molecule has 0 bridgehead atoms. The first-order valence-corrected chi connectivity index (χ1v) is 7.86. The second-order valence-corrected chi connectivity index (χ2v) is 6.95. The molecular formula is C13H24O7S2. The fraction of sp³-hybridized carbons (Fsp3) is 0.846. The number of hydrogen-bond donors (Lipinski definition) is 7. The second-order valence-electron chi connectivity index (χ2n) is 5.49. The van der Waals surface area contributed by atoms with Crippen molar-refractivity contribution in [3.63, 3.8) is 0 Å². The summed E-state index contributed by atoms with van der Waals surface area (Å²) in [5, 5.41) is 45.1. The van der Waals surface area contributed by atoms with Gasteiger partial charge in [0.1, 0.15) is 0 Å². The van der Waals surface area contributed by atoms with E-state index in [4.69, 9.17) is 10.2 Å². The Bertz CT molecular complexity index is 336. The lowest BCUT2D eigenvalue weighted by atomic mass is 9.69. The van der Waals surface area contributed by atoms with E-state index >= 15 is 0 Å². The molecule has 9 heteroatoms. The zero-order valence-corrected chi connectivity index (χ0v) is 13.9. The van der Waals surface area contributed by atoms with E-state index in [1.54, 1.807) is 0 Å². The molecule has 0 radical (unpaired) electrons. The van der Waals surface area contributed by atoms with Gasteiger partial charge in [-0.2, -0.15) is 25.3 Å². The molecule has 130 valence electrons. The molecule has 0 heterocycles. The van der Waals surface area contributed by atoms with Crippen LogP contribution in [0.1, 0.15) is 25.7 Å². The Balaban J connectivity index is 5.24. The quantitative estimate of drug-likeness (QED) is 0.243. The molecule has 7 nitrogen and oxygen atoms in total. The van der Waals surface area contributed by atoms with Crippen LogP contribution in [0.5, 0.6) is 0 Å². The third kappa shape index (κ3) is 7.19. The Morgan fingerprint density at radius 2 is 1.23 bits per heavy atom. The standard InChI is InChI=1S/C13H24O7S2/c14-5-8(6-15)13(7-16,3-9(21)1-11(17)18)4-10(22)2-12(19)20/h8-10,14-16,21-22H,1-7H2,(H,17,18)(H,19,20). The summed E-state index contributed by atoms with van der Waals surface area (Å²) in [4.78, 5) is 21.5. The van der Waals surface area contributed by atoms with Crippen molar-refractivity contribution in [1.29, 1.82) is 0 Å². The average molecular weight is 356 g/mol. The van der Waals surface area contributed by atoms with Gasteiger partial charge < -0.3 is 25.5 Å². The highest BCUT2D eigenvalue weighted by Gasteiger charge is 2.41. The lowest BCUT2D eigenvalue weighted by Crippen LogP contribution is -2.43. The zero-order chi connectivity index (χ0) is 17.3. The van der Waals surface area contributed by atoms with Crippen molar-refractivity contribution in [3.8, 4) is 0 Å². The zero-order valence-electron chi connectivity index (χ0n) is 12.1. The van der Waals surface area contributed by atoms with Gasteiger partial charge in [0.05, 0.1) is 12.8 Å². The maximum absolute atomic E-state index is 10.8. The van der Waals surface area contributed by atoms with Gasteiger partial charge >= 0.3 is 11.9 Å². The van der Waals surface area contributed by atoms with Gasteiger partial charge in [-0.05, 0) is 12.8 Å². The van der Waals surface area contributed by atoms with Gasteiger partial charge in [-0.1, -0.05) is 0 Å². The van der Waals surface area contributed by atoms with Crippen molar-refractivity contribution >= 4 is 37.2 Å². The van der Waals surface area contributed by atoms with Crippen LogP contribution in [0.15, 0.2) is 0 Å². The Morgan fingerprint density at radius 1 is 0.864 bits per heavy atom. The summed E-state index contributed by atoms with van der Waals surface area (Å²) >= 11 is 8.37. The minimum absolute atomic E-state index is 0.112. The van der Waals surface area contributed by atoms with Crippen LogP contribution in [0, 0.1) is 11.3 Å². The van der Waals surface area contributed by atoms with E-state index in [1.165, 1.54) is 0 Å². The van der Waals surface area contributed by atoms with Gasteiger partial charge in [0, 0.05) is 41.7 Å². The Hall–Kier alpha value is -0.480. The molecule has 0 aromatic heterocycles. The molecule has 0 saturated heterocycles. The molecule has 0 aliphatic heterocycles. The Morgan fingerprint density at radius 3 is 1.45 bits per heavy atom. The van der Waals surface area contributed by atoms with Crippen LogP contribution in [-0.2, 0) is 9.59 Å². The molecule has 5 N–H and O–H groups in total. The van der Waals surface area contributed by atoms with E-state index in [1.807, 2.05) is 0 Å². The van der Waals surface area contributed by atoms with Gasteiger partial charge in [0.25, 0.3) is 0 Å². The number of aliphatic hydroxyl groups excluding tert-OH is 3. The van der Waals surface area contributed by atoms with Crippen LogP contribution in [0.3, 0.4) is 0 Å². The Kier molecular flexibility index (Phi) is 10.1. The van der Waals surface area contributed by atoms with Crippen LogP contribution in [0.25, 0.3) is 0 Å². The monoisotopic (exact) mass is 356 g/mol. The normalized spacial score (nSPS) is 17.0. The van der Waals surface area contributed by atoms with Crippen molar-refractivity contribution in [2.45, 2.75) is 36.2 Å². The summed E-state index contributed by atoms with van der Waals surface area (Å²) in [5.74, 6) is -2.82. The predicted molar refractivity (Wildman–Crippen MR) is 86.5 cm³/mol.